The van der Waals surface area contributed by atoms with Crippen molar-refractivity contribution >= 4 is 40.4 Å². The number of nitrogens with two attached hydrogens (primary N) is 1. The summed E-state index contributed by atoms with van der Waals surface area (Å²) in [5.74, 6) is 0.350. The van der Waals surface area contributed by atoms with Gasteiger partial charge in [-0.25, -0.2) is 18.9 Å². The zero-order chi connectivity index (χ0) is 24.7. The molecule has 2 N–H and O–H groups in total. The first-order valence-corrected chi connectivity index (χ1v) is 12.7. The van der Waals surface area contributed by atoms with Crippen LogP contribution in [0.15, 0.2) is 59.9 Å². The summed E-state index contributed by atoms with van der Waals surface area (Å²) in [4.78, 5) is 31.5. The highest BCUT2D eigenvalue weighted by Gasteiger charge is 2.55. The quantitative estimate of drug-likeness (QED) is 0.330. The van der Waals surface area contributed by atoms with Crippen molar-refractivity contribution in [3.05, 3.63) is 60.3 Å². The number of nitrogens with zero attached hydrogens (tertiary/aromatic N) is 5. The van der Waals surface area contributed by atoms with Gasteiger partial charge in [-0.2, -0.15) is 5.10 Å². The minimum atomic E-state index is -0.635. The van der Waals surface area contributed by atoms with Gasteiger partial charge in [0.25, 0.3) is 5.91 Å². The van der Waals surface area contributed by atoms with E-state index in [1.807, 2.05) is 68.1 Å². The molecule has 0 radical (unpaired) electrons. The van der Waals surface area contributed by atoms with Gasteiger partial charge >= 0.3 is 5.91 Å². The molecule has 8 nitrogen and oxygen atoms in total. The first-order valence-electron chi connectivity index (χ1n) is 11.7. The first kappa shape index (κ1) is 23.3. The third-order valence-electron chi connectivity index (χ3n) is 6.98. The maximum atomic E-state index is 14.1. The van der Waals surface area contributed by atoms with Crippen LogP contribution >= 0.6 is 11.8 Å². The summed E-state index contributed by atoms with van der Waals surface area (Å²) in [5.41, 5.74) is 10.7. The fourth-order valence-electron chi connectivity index (χ4n) is 5.32. The standard InChI is InChI=1S/C26H28N6O2S/c1-17-11-12-21-20(14-17)29-26(30(21)2)35-16-23(33)32(13-7-10-22(32)24(27)34)25-19(15-28-31(25)3)18-8-5-4-6-9-18/h4-6,8-9,11-12,14-15,22H,7,10,13,16H2,1-3H3,(H-,27,34)/p+1/t22-,32?/m0/s1. The van der Waals surface area contributed by atoms with E-state index in [9.17, 15) is 9.59 Å². The van der Waals surface area contributed by atoms with Crippen LogP contribution in [0.1, 0.15) is 18.4 Å². The van der Waals surface area contributed by atoms with Crippen LogP contribution in [0, 0.1) is 6.92 Å². The topological polar surface area (TPSA) is 95.8 Å². The number of amides is 2. The number of likely N-dealkylation sites (tertiary alicyclic amines) is 1. The number of benzene rings is 2. The van der Waals surface area contributed by atoms with Crippen LogP contribution in [0.25, 0.3) is 22.2 Å². The molecule has 0 saturated carbocycles. The van der Waals surface area contributed by atoms with Crippen LogP contribution in [0.4, 0.5) is 5.82 Å². The lowest BCUT2D eigenvalue weighted by atomic mass is 10.1. The molecule has 1 fully saturated rings. The van der Waals surface area contributed by atoms with Gasteiger partial charge in [0.05, 0.1) is 29.3 Å². The number of carbonyl (C=O) groups excluding carboxylic acids is 2. The SMILES string of the molecule is Cc1ccc2c(c1)nc(SCC(=O)[N+]1(c3c(-c4ccccc4)cnn3C)CCC[C@H]1C(N)=O)n2C. The molecule has 1 aliphatic heterocycles. The van der Waals surface area contributed by atoms with Crippen LogP contribution in [-0.4, -0.2) is 49.5 Å². The molecular weight excluding hydrogens is 460 g/mol. The number of aromatic nitrogens is 4. The Labute approximate surface area is 208 Å². The van der Waals surface area contributed by atoms with Gasteiger partial charge < -0.3 is 10.3 Å². The lowest BCUT2D eigenvalue weighted by molar-refractivity contribution is -0.134. The zero-order valence-electron chi connectivity index (χ0n) is 20.1. The largest absolute Gasteiger partial charge is 0.364 e. The van der Waals surface area contributed by atoms with Crippen molar-refractivity contribution in [1.82, 2.24) is 23.8 Å². The number of quaternary nitrogens is 1. The van der Waals surface area contributed by atoms with Crippen molar-refractivity contribution in [2.75, 3.05) is 12.3 Å². The van der Waals surface area contributed by atoms with Gasteiger partial charge in [-0.05, 0) is 30.2 Å². The van der Waals surface area contributed by atoms with E-state index in [1.165, 1.54) is 11.8 Å². The van der Waals surface area contributed by atoms with Crippen molar-refractivity contribution in [1.29, 1.82) is 0 Å². The van der Waals surface area contributed by atoms with E-state index in [0.29, 0.717) is 18.8 Å². The predicted octanol–water partition coefficient (Wildman–Crippen LogP) is 3.56. The van der Waals surface area contributed by atoms with Gasteiger partial charge in [0.2, 0.25) is 5.82 Å². The molecule has 5 rings (SSSR count). The first-order chi connectivity index (χ1) is 16.8. The maximum Gasteiger partial charge on any atom is 0.331 e. The molecule has 1 unspecified atom stereocenters. The van der Waals surface area contributed by atoms with E-state index >= 15 is 0 Å². The minimum Gasteiger partial charge on any atom is -0.364 e. The number of imidazole rings is 1. The van der Waals surface area contributed by atoms with Gasteiger partial charge in [-0.15, -0.1) is 0 Å². The summed E-state index contributed by atoms with van der Waals surface area (Å²) < 4.78 is 3.61. The fraction of sp³-hybridized carbons (Fsp3) is 0.308. The molecule has 2 aromatic heterocycles. The lowest BCUT2D eigenvalue weighted by Crippen LogP contribution is -2.63. The Morgan fingerprint density at radius 1 is 1.17 bits per heavy atom. The Balaban J connectivity index is 1.55. The monoisotopic (exact) mass is 489 g/mol. The Morgan fingerprint density at radius 2 is 1.94 bits per heavy atom. The molecule has 1 saturated heterocycles. The van der Waals surface area contributed by atoms with E-state index in [4.69, 9.17) is 10.7 Å². The maximum absolute atomic E-state index is 14.1. The second-order valence-electron chi connectivity index (χ2n) is 9.15. The number of hydrogen-bond donors (Lipinski definition) is 1. The molecule has 9 heteroatoms. The molecule has 1 aliphatic rings. The highest BCUT2D eigenvalue weighted by molar-refractivity contribution is 7.99. The van der Waals surface area contributed by atoms with E-state index in [1.54, 1.807) is 10.9 Å². The number of aryl methyl sites for hydroxylation is 3. The minimum absolute atomic E-state index is 0.0692. The van der Waals surface area contributed by atoms with Crippen molar-refractivity contribution in [3.8, 4) is 11.1 Å². The number of hydrogen-bond acceptors (Lipinski definition) is 5. The zero-order valence-corrected chi connectivity index (χ0v) is 21.0. The Morgan fingerprint density at radius 3 is 2.69 bits per heavy atom. The lowest BCUT2D eigenvalue weighted by Gasteiger charge is -2.35. The second-order valence-corrected chi connectivity index (χ2v) is 10.1. The molecule has 35 heavy (non-hydrogen) atoms. The van der Waals surface area contributed by atoms with Crippen LogP contribution in [0.5, 0.6) is 0 Å². The molecule has 2 atom stereocenters. The third-order valence-corrected chi connectivity index (χ3v) is 8.00. The normalized spacial score (nSPS) is 19.9. The number of thioether (sulfide) groups is 1. The van der Waals surface area contributed by atoms with Crippen LogP contribution in [0.3, 0.4) is 0 Å². The molecule has 0 spiro atoms. The smallest absolute Gasteiger partial charge is 0.331 e. The number of primary amides is 1. The summed E-state index contributed by atoms with van der Waals surface area (Å²) in [6.07, 6.45) is 3.07. The van der Waals surface area contributed by atoms with Gasteiger partial charge in [0.15, 0.2) is 11.2 Å². The highest BCUT2D eigenvalue weighted by Crippen LogP contribution is 2.42. The molecule has 0 bridgehead atoms. The number of carbonyl (C=O) groups is 2. The summed E-state index contributed by atoms with van der Waals surface area (Å²) >= 11 is 1.40. The van der Waals surface area contributed by atoms with Crippen LogP contribution in [0.2, 0.25) is 0 Å². The molecule has 3 heterocycles. The summed E-state index contributed by atoms with van der Waals surface area (Å²) in [5, 5.41) is 5.27. The Hall–Kier alpha value is -3.43. The van der Waals surface area contributed by atoms with Gasteiger partial charge in [-0.1, -0.05) is 48.2 Å². The van der Waals surface area contributed by atoms with Gasteiger partial charge in [0, 0.05) is 26.9 Å². The van der Waals surface area contributed by atoms with Gasteiger partial charge in [-0.3, -0.25) is 4.79 Å². The van der Waals surface area contributed by atoms with E-state index in [-0.39, 0.29) is 16.1 Å². The molecular formula is C26H29N6O2S+. The third kappa shape index (κ3) is 3.84. The van der Waals surface area contributed by atoms with E-state index in [2.05, 4.69) is 11.2 Å². The summed E-state index contributed by atoms with van der Waals surface area (Å²) in [6, 6.07) is 15.4. The van der Waals surface area contributed by atoms with Crippen molar-refractivity contribution in [2.24, 2.45) is 19.8 Å². The predicted molar refractivity (Wildman–Crippen MR) is 139 cm³/mol. The van der Waals surface area contributed by atoms with Crippen molar-refractivity contribution in [2.45, 2.75) is 31.0 Å². The molecule has 2 amide bonds. The fourth-order valence-corrected chi connectivity index (χ4v) is 6.26. The van der Waals surface area contributed by atoms with Crippen molar-refractivity contribution in [3.63, 3.8) is 0 Å². The Bertz CT molecular complexity index is 1430. The van der Waals surface area contributed by atoms with Crippen molar-refractivity contribution < 1.29 is 9.59 Å². The molecule has 4 aromatic rings. The van der Waals surface area contributed by atoms with E-state index < -0.39 is 11.9 Å². The van der Waals surface area contributed by atoms with Gasteiger partial charge in [0.1, 0.15) is 5.75 Å². The summed E-state index contributed by atoms with van der Waals surface area (Å²) in [6.45, 7) is 2.54. The van der Waals surface area contributed by atoms with Crippen LogP contribution < -0.4 is 10.2 Å². The number of fused-ring (bicyclic) bond motifs is 1. The highest BCUT2D eigenvalue weighted by atomic mass is 32.2. The second kappa shape index (κ2) is 8.98. The molecule has 0 aliphatic carbocycles. The van der Waals surface area contributed by atoms with Crippen LogP contribution in [-0.2, 0) is 23.7 Å². The Kier molecular flexibility index (Phi) is 5.98. The average molecular weight is 490 g/mol. The average Bonchev–Trinajstić information content (AvgIpc) is 3.54. The number of rotatable bonds is 6. The summed E-state index contributed by atoms with van der Waals surface area (Å²) in [7, 11) is 3.78. The molecule has 180 valence electrons. The molecule has 2 aromatic carbocycles. The van der Waals surface area contributed by atoms with E-state index in [0.717, 1.165) is 39.3 Å².